The van der Waals surface area contributed by atoms with Crippen LogP contribution >= 0.6 is 15.9 Å². The van der Waals surface area contributed by atoms with Gasteiger partial charge >= 0.3 is 5.97 Å². The molecule has 22 heavy (non-hydrogen) atoms. The second-order valence-electron chi connectivity index (χ2n) is 4.69. The van der Waals surface area contributed by atoms with E-state index in [1.165, 1.54) is 18.3 Å². The third-order valence-electron chi connectivity index (χ3n) is 2.96. The van der Waals surface area contributed by atoms with Crippen molar-refractivity contribution in [2.24, 2.45) is 0 Å². The Morgan fingerprint density at radius 2 is 2.05 bits per heavy atom. The van der Waals surface area contributed by atoms with Crippen LogP contribution in [0.4, 0.5) is 5.69 Å². The Morgan fingerprint density at radius 3 is 2.68 bits per heavy atom. The number of aromatic nitrogens is 1. The van der Waals surface area contributed by atoms with Crippen molar-refractivity contribution in [3.05, 3.63) is 62.5 Å². The maximum Gasteiger partial charge on any atom is 0.341 e. The fourth-order valence-electron chi connectivity index (χ4n) is 1.89. The van der Waals surface area contributed by atoms with E-state index in [0.29, 0.717) is 5.69 Å². The Bertz CT molecular complexity index is 798. The average Bonchev–Trinajstić information content (AvgIpc) is 2.44. The molecule has 6 nitrogen and oxygen atoms in total. The number of nitrogens with one attached hydrogen (secondary N) is 1. The van der Waals surface area contributed by atoms with Gasteiger partial charge in [-0.15, -0.1) is 0 Å². The normalized spacial score (nSPS) is 10.3. The minimum atomic E-state index is -1.32. The van der Waals surface area contributed by atoms with E-state index >= 15 is 0 Å². The van der Waals surface area contributed by atoms with Crippen LogP contribution in [0.3, 0.4) is 0 Å². The van der Waals surface area contributed by atoms with Crippen LogP contribution in [-0.4, -0.2) is 21.6 Å². The van der Waals surface area contributed by atoms with Crippen molar-refractivity contribution in [3.63, 3.8) is 0 Å². The highest BCUT2D eigenvalue weighted by atomic mass is 79.9. The molecule has 2 aromatic rings. The van der Waals surface area contributed by atoms with E-state index in [4.69, 9.17) is 5.11 Å². The van der Waals surface area contributed by atoms with Gasteiger partial charge in [-0.2, -0.15) is 0 Å². The molecule has 2 rings (SSSR count). The molecule has 0 fully saturated rings. The number of carbonyl (C=O) groups is 2. The third kappa shape index (κ3) is 3.62. The topological polar surface area (TPSA) is 88.4 Å². The van der Waals surface area contributed by atoms with Crippen LogP contribution in [0.25, 0.3) is 0 Å². The predicted molar refractivity (Wildman–Crippen MR) is 85.2 cm³/mol. The Hall–Kier alpha value is -2.41. The summed E-state index contributed by atoms with van der Waals surface area (Å²) in [5.41, 5.74) is 0.535. The number of anilines is 1. The van der Waals surface area contributed by atoms with Crippen LogP contribution in [0.1, 0.15) is 15.9 Å². The van der Waals surface area contributed by atoms with Gasteiger partial charge in [0.25, 0.3) is 5.56 Å². The molecular formula is C15H13BrN2O4. The monoisotopic (exact) mass is 364 g/mol. The van der Waals surface area contributed by atoms with Gasteiger partial charge in [-0.1, -0.05) is 6.07 Å². The number of rotatable bonds is 4. The number of amides is 1. The van der Waals surface area contributed by atoms with E-state index in [-0.39, 0.29) is 12.1 Å². The van der Waals surface area contributed by atoms with Crippen LogP contribution in [0.2, 0.25) is 0 Å². The zero-order valence-electron chi connectivity index (χ0n) is 11.7. The van der Waals surface area contributed by atoms with Crippen LogP contribution in [-0.2, 0) is 11.3 Å². The number of nitrogens with zero attached hydrogens (tertiary/aromatic N) is 1. The van der Waals surface area contributed by atoms with Crippen molar-refractivity contribution in [1.29, 1.82) is 0 Å². The first-order valence-corrected chi connectivity index (χ1v) is 7.16. The molecule has 0 aliphatic rings. The summed E-state index contributed by atoms with van der Waals surface area (Å²) < 4.78 is 1.79. The zero-order valence-corrected chi connectivity index (χ0v) is 13.3. The van der Waals surface area contributed by atoms with Gasteiger partial charge in [-0.3, -0.25) is 9.59 Å². The van der Waals surface area contributed by atoms with Crippen molar-refractivity contribution in [2.45, 2.75) is 13.5 Å². The summed E-state index contributed by atoms with van der Waals surface area (Å²) in [5, 5.41) is 11.6. The van der Waals surface area contributed by atoms with Crippen molar-refractivity contribution in [1.82, 2.24) is 4.57 Å². The fourth-order valence-corrected chi connectivity index (χ4v) is 2.48. The van der Waals surface area contributed by atoms with E-state index in [1.807, 2.05) is 19.1 Å². The molecular weight excluding hydrogens is 352 g/mol. The SMILES string of the molecule is Cc1ccc(NC(=O)Cn2cccc(C(=O)O)c2=O)c(Br)c1. The number of hydrogen-bond acceptors (Lipinski definition) is 3. The highest BCUT2D eigenvalue weighted by Gasteiger charge is 2.12. The van der Waals surface area contributed by atoms with Gasteiger partial charge in [0.05, 0.1) is 5.69 Å². The first-order valence-electron chi connectivity index (χ1n) is 6.37. The zero-order chi connectivity index (χ0) is 16.3. The third-order valence-corrected chi connectivity index (χ3v) is 3.62. The summed E-state index contributed by atoms with van der Waals surface area (Å²) >= 11 is 3.35. The van der Waals surface area contributed by atoms with Gasteiger partial charge in [-0.25, -0.2) is 4.79 Å². The van der Waals surface area contributed by atoms with E-state index in [9.17, 15) is 14.4 Å². The molecule has 1 aromatic carbocycles. The Balaban J connectivity index is 2.18. The molecule has 1 amide bonds. The molecule has 0 atom stereocenters. The van der Waals surface area contributed by atoms with E-state index in [0.717, 1.165) is 14.6 Å². The molecule has 0 saturated carbocycles. The summed E-state index contributed by atoms with van der Waals surface area (Å²) in [6, 6.07) is 8.06. The lowest BCUT2D eigenvalue weighted by atomic mass is 10.2. The summed E-state index contributed by atoms with van der Waals surface area (Å²) in [6.45, 7) is 1.66. The van der Waals surface area contributed by atoms with Gasteiger partial charge in [0.15, 0.2) is 0 Å². The maximum atomic E-state index is 12.0. The molecule has 7 heteroatoms. The summed E-state index contributed by atoms with van der Waals surface area (Å²) in [6.07, 6.45) is 1.37. The number of benzene rings is 1. The molecule has 0 aliphatic carbocycles. The molecule has 0 aliphatic heterocycles. The minimum Gasteiger partial charge on any atom is -0.477 e. The first-order chi connectivity index (χ1) is 10.4. The number of aryl methyl sites for hydroxylation is 1. The van der Waals surface area contributed by atoms with E-state index < -0.39 is 17.4 Å². The Kier molecular flexibility index (Phi) is 4.77. The van der Waals surface area contributed by atoms with Crippen molar-refractivity contribution in [2.75, 3.05) is 5.32 Å². The number of pyridine rings is 1. The molecule has 2 N–H and O–H groups in total. The second-order valence-corrected chi connectivity index (χ2v) is 5.55. The molecule has 0 bridgehead atoms. The number of hydrogen-bond donors (Lipinski definition) is 2. The average molecular weight is 365 g/mol. The molecule has 0 unspecified atom stereocenters. The lowest BCUT2D eigenvalue weighted by Crippen LogP contribution is -2.30. The Labute approximate surface area is 134 Å². The molecule has 0 saturated heterocycles. The predicted octanol–water partition coefficient (Wildman–Crippen LogP) is 2.26. The Morgan fingerprint density at radius 1 is 1.32 bits per heavy atom. The smallest absolute Gasteiger partial charge is 0.341 e. The largest absolute Gasteiger partial charge is 0.477 e. The summed E-state index contributed by atoms with van der Waals surface area (Å²) in [7, 11) is 0. The lowest BCUT2D eigenvalue weighted by molar-refractivity contribution is -0.116. The summed E-state index contributed by atoms with van der Waals surface area (Å²) in [5.74, 6) is -1.74. The lowest BCUT2D eigenvalue weighted by Gasteiger charge is -2.10. The number of halogens is 1. The van der Waals surface area contributed by atoms with Crippen molar-refractivity contribution < 1.29 is 14.7 Å². The molecule has 0 spiro atoms. The fraction of sp³-hybridized carbons (Fsp3) is 0.133. The van der Waals surface area contributed by atoms with Gasteiger partial charge in [0, 0.05) is 10.7 Å². The van der Waals surface area contributed by atoms with Gasteiger partial charge in [0.1, 0.15) is 12.1 Å². The molecule has 0 radical (unpaired) electrons. The second kappa shape index (κ2) is 6.57. The van der Waals surface area contributed by atoms with Crippen molar-refractivity contribution >= 4 is 33.5 Å². The molecule has 1 heterocycles. The molecule has 1 aromatic heterocycles. The minimum absolute atomic E-state index is 0.264. The number of carboxylic acid groups (broad SMARTS) is 1. The molecule has 114 valence electrons. The van der Waals surface area contributed by atoms with E-state index in [1.54, 1.807) is 6.07 Å². The van der Waals surface area contributed by atoms with Gasteiger partial charge in [0.2, 0.25) is 5.91 Å². The van der Waals surface area contributed by atoms with Gasteiger partial charge < -0.3 is 15.0 Å². The van der Waals surface area contributed by atoms with Crippen molar-refractivity contribution in [3.8, 4) is 0 Å². The maximum absolute atomic E-state index is 12.0. The number of carbonyl (C=O) groups excluding carboxylic acids is 1. The standard InChI is InChI=1S/C15H13BrN2O4/c1-9-4-5-12(11(16)7-9)17-13(19)8-18-6-2-3-10(14(18)20)15(21)22/h2-7H,8H2,1H3,(H,17,19)(H,21,22). The van der Waals surface area contributed by atoms with Crippen LogP contribution < -0.4 is 10.9 Å². The van der Waals surface area contributed by atoms with Crippen LogP contribution in [0.5, 0.6) is 0 Å². The van der Waals surface area contributed by atoms with Crippen LogP contribution in [0.15, 0.2) is 45.8 Å². The van der Waals surface area contributed by atoms with E-state index in [2.05, 4.69) is 21.2 Å². The number of carboxylic acids is 1. The highest BCUT2D eigenvalue weighted by molar-refractivity contribution is 9.10. The summed E-state index contributed by atoms with van der Waals surface area (Å²) in [4.78, 5) is 34.8. The quantitative estimate of drug-likeness (QED) is 0.870. The van der Waals surface area contributed by atoms with Gasteiger partial charge in [-0.05, 0) is 52.7 Å². The first kappa shape index (κ1) is 16.0. The number of aromatic carboxylic acids is 1. The van der Waals surface area contributed by atoms with Crippen LogP contribution in [0, 0.1) is 6.92 Å². The highest BCUT2D eigenvalue weighted by Crippen LogP contribution is 2.23.